The number of aliphatic hydroxyl groups is 1. The van der Waals surface area contributed by atoms with Crippen LogP contribution in [0.2, 0.25) is 0 Å². The number of H-pyrrole nitrogens is 1. The number of amides is 1. The fourth-order valence-corrected chi connectivity index (χ4v) is 2.33. The van der Waals surface area contributed by atoms with E-state index in [-0.39, 0.29) is 19.1 Å². The van der Waals surface area contributed by atoms with E-state index in [1.165, 1.54) is 0 Å². The Labute approximate surface area is 128 Å². The zero-order valence-electron chi connectivity index (χ0n) is 12.0. The monoisotopic (exact) mass is 295 g/mol. The van der Waals surface area contributed by atoms with Gasteiger partial charge in [0.25, 0.3) is 5.91 Å². The zero-order chi connectivity index (χ0) is 15.4. The van der Waals surface area contributed by atoms with Crippen LogP contribution in [-0.2, 0) is 6.42 Å². The number of imidazole rings is 1. The van der Waals surface area contributed by atoms with Crippen LogP contribution in [0.15, 0.2) is 48.5 Å². The van der Waals surface area contributed by atoms with Crippen LogP contribution >= 0.6 is 0 Å². The molecule has 3 rings (SSSR count). The molecule has 0 fully saturated rings. The van der Waals surface area contributed by atoms with E-state index in [1.54, 1.807) is 12.1 Å². The second-order valence-corrected chi connectivity index (χ2v) is 5.05. The van der Waals surface area contributed by atoms with Gasteiger partial charge in [-0.1, -0.05) is 24.3 Å². The second-order valence-electron chi connectivity index (χ2n) is 5.05. The van der Waals surface area contributed by atoms with Crippen LogP contribution < -0.4 is 5.32 Å². The van der Waals surface area contributed by atoms with Crippen LogP contribution in [0.25, 0.3) is 11.0 Å². The maximum Gasteiger partial charge on any atom is 0.251 e. The van der Waals surface area contributed by atoms with Gasteiger partial charge in [0.2, 0.25) is 0 Å². The third-order valence-electron chi connectivity index (χ3n) is 3.42. The minimum atomic E-state index is -0.177. The average molecular weight is 295 g/mol. The predicted octanol–water partition coefficient (Wildman–Crippen LogP) is 1.88. The van der Waals surface area contributed by atoms with Crippen LogP contribution in [-0.4, -0.2) is 34.1 Å². The first-order chi connectivity index (χ1) is 10.8. The van der Waals surface area contributed by atoms with Crippen molar-refractivity contribution in [2.45, 2.75) is 6.42 Å². The van der Waals surface area contributed by atoms with Gasteiger partial charge < -0.3 is 15.4 Å². The first-order valence-electron chi connectivity index (χ1n) is 7.18. The Morgan fingerprint density at radius 3 is 2.64 bits per heavy atom. The van der Waals surface area contributed by atoms with Crippen LogP contribution in [0.5, 0.6) is 0 Å². The quantitative estimate of drug-likeness (QED) is 0.672. The Morgan fingerprint density at radius 1 is 1.14 bits per heavy atom. The minimum absolute atomic E-state index is 0.0596. The molecular formula is C17H17N3O2. The molecule has 0 bridgehead atoms. The maximum absolute atomic E-state index is 11.7. The van der Waals surface area contributed by atoms with Crippen LogP contribution in [0.3, 0.4) is 0 Å². The Balaban J connectivity index is 1.71. The molecular weight excluding hydrogens is 278 g/mol. The van der Waals surface area contributed by atoms with Crippen molar-refractivity contribution in [1.29, 1.82) is 0 Å². The van der Waals surface area contributed by atoms with Gasteiger partial charge in [-0.15, -0.1) is 0 Å². The van der Waals surface area contributed by atoms with Crippen molar-refractivity contribution >= 4 is 16.9 Å². The van der Waals surface area contributed by atoms with E-state index in [4.69, 9.17) is 5.11 Å². The summed E-state index contributed by atoms with van der Waals surface area (Å²) in [6, 6.07) is 15.3. The number of para-hydroxylation sites is 2. The summed E-state index contributed by atoms with van der Waals surface area (Å²) in [5, 5.41) is 11.3. The first kappa shape index (κ1) is 14.3. The average Bonchev–Trinajstić information content (AvgIpc) is 2.95. The van der Waals surface area contributed by atoms with Gasteiger partial charge in [-0.2, -0.15) is 0 Å². The largest absolute Gasteiger partial charge is 0.395 e. The summed E-state index contributed by atoms with van der Waals surface area (Å²) in [5.74, 6) is 0.725. The number of carbonyl (C=O) groups excluding carboxylic acids is 1. The number of carbonyl (C=O) groups is 1. The third-order valence-corrected chi connectivity index (χ3v) is 3.42. The molecule has 0 saturated carbocycles. The summed E-state index contributed by atoms with van der Waals surface area (Å²) in [6.45, 7) is 0.204. The zero-order valence-corrected chi connectivity index (χ0v) is 12.0. The van der Waals surface area contributed by atoms with Gasteiger partial charge in [0.15, 0.2) is 0 Å². The summed E-state index contributed by atoms with van der Waals surface area (Å²) >= 11 is 0. The SMILES string of the molecule is O=C(NCCO)c1ccc(Cc2nc3ccccc3[nH]2)cc1. The summed E-state index contributed by atoms with van der Waals surface area (Å²) in [6.07, 6.45) is 0.688. The molecule has 0 saturated heterocycles. The summed E-state index contributed by atoms with van der Waals surface area (Å²) in [4.78, 5) is 19.6. The number of nitrogens with zero attached hydrogens (tertiary/aromatic N) is 1. The number of aromatic nitrogens is 2. The summed E-state index contributed by atoms with van der Waals surface area (Å²) in [5.41, 5.74) is 3.65. The molecule has 1 aromatic heterocycles. The lowest BCUT2D eigenvalue weighted by Crippen LogP contribution is -2.26. The van der Waals surface area contributed by atoms with E-state index in [1.807, 2.05) is 36.4 Å². The van der Waals surface area contributed by atoms with E-state index in [0.29, 0.717) is 12.0 Å². The van der Waals surface area contributed by atoms with Crippen LogP contribution in [0.1, 0.15) is 21.7 Å². The third kappa shape index (κ3) is 3.15. The van der Waals surface area contributed by atoms with Crippen molar-refractivity contribution in [3.63, 3.8) is 0 Å². The van der Waals surface area contributed by atoms with E-state index in [9.17, 15) is 4.79 Å². The van der Waals surface area contributed by atoms with Crippen molar-refractivity contribution in [2.24, 2.45) is 0 Å². The van der Waals surface area contributed by atoms with Gasteiger partial charge in [-0.25, -0.2) is 4.98 Å². The van der Waals surface area contributed by atoms with Crippen LogP contribution in [0, 0.1) is 0 Å². The number of nitrogens with one attached hydrogen (secondary N) is 2. The molecule has 5 nitrogen and oxygen atoms in total. The Hall–Kier alpha value is -2.66. The van der Waals surface area contributed by atoms with Crippen LogP contribution in [0.4, 0.5) is 0 Å². The number of rotatable bonds is 5. The molecule has 0 atom stereocenters. The Morgan fingerprint density at radius 2 is 1.91 bits per heavy atom. The van der Waals surface area contributed by atoms with E-state index in [2.05, 4.69) is 15.3 Å². The lowest BCUT2D eigenvalue weighted by molar-refractivity contribution is 0.0945. The van der Waals surface area contributed by atoms with E-state index in [0.717, 1.165) is 22.4 Å². The van der Waals surface area contributed by atoms with Gasteiger partial charge in [0.05, 0.1) is 17.6 Å². The lowest BCUT2D eigenvalue weighted by Gasteiger charge is -2.04. The minimum Gasteiger partial charge on any atom is -0.395 e. The van der Waals surface area contributed by atoms with Crippen molar-refractivity contribution in [2.75, 3.05) is 13.2 Å². The van der Waals surface area contributed by atoms with Gasteiger partial charge in [0, 0.05) is 18.5 Å². The molecule has 112 valence electrons. The fraction of sp³-hybridized carbons (Fsp3) is 0.176. The van der Waals surface area contributed by atoms with Crippen molar-refractivity contribution in [3.05, 3.63) is 65.5 Å². The van der Waals surface area contributed by atoms with E-state index >= 15 is 0 Å². The molecule has 1 heterocycles. The molecule has 0 aliphatic heterocycles. The van der Waals surface area contributed by atoms with Gasteiger partial charge >= 0.3 is 0 Å². The predicted molar refractivity (Wildman–Crippen MR) is 84.8 cm³/mol. The number of aromatic amines is 1. The summed E-state index contributed by atoms with van der Waals surface area (Å²) < 4.78 is 0. The highest BCUT2D eigenvalue weighted by atomic mass is 16.3. The molecule has 0 unspecified atom stereocenters. The number of aliphatic hydroxyl groups excluding tert-OH is 1. The molecule has 2 aromatic carbocycles. The summed E-state index contributed by atoms with van der Waals surface area (Å²) in [7, 11) is 0. The number of benzene rings is 2. The molecule has 22 heavy (non-hydrogen) atoms. The normalized spacial score (nSPS) is 10.8. The Kier molecular flexibility index (Phi) is 4.16. The van der Waals surface area contributed by atoms with Gasteiger partial charge in [-0.3, -0.25) is 4.79 Å². The molecule has 3 aromatic rings. The molecule has 0 aliphatic carbocycles. The standard InChI is InChI=1S/C17H17N3O2/c21-10-9-18-17(22)13-7-5-12(6-8-13)11-16-19-14-3-1-2-4-15(14)20-16/h1-8,21H,9-11H2,(H,18,22)(H,19,20). The number of hydrogen-bond acceptors (Lipinski definition) is 3. The topological polar surface area (TPSA) is 78.0 Å². The maximum atomic E-state index is 11.7. The van der Waals surface area contributed by atoms with Gasteiger partial charge in [-0.05, 0) is 29.8 Å². The molecule has 5 heteroatoms. The smallest absolute Gasteiger partial charge is 0.251 e. The number of hydrogen-bond donors (Lipinski definition) is 3. The highest BCUT2D eigenvalue weighted by molar-refractivity contribution is 5.94. The molecule has 1 amide bonds. The van der Waals surface area contributed by atoms with Crippen molar-refractivity contribution in [3.8, 4) is 0 Å². The second kappa shape index (κ2) is 6.41. The highest BCUT2D eigenvalue weighted by Gasteiger charge is 2.06. The highest BCUT2D eigenvalue weighted by Crippen LogP contribution is 2.14. The molecule has 0 aliphatic rings. The van der Waals surface area contributed by atoms with E-state index < -0.39 is 0 Å². The molecule has 0 radical (unpaired) electrons. The lowest BCUT2D eigenvalue weighted by atomic mass is 10.1. The Bertz CT molecular complexity index is 745. The van der Waals surface area contributed by atoms with Crippen molar-refractivity contribution in [1.82, 2.24) is 15.3 Å². The molecule has 3 N–H and O–H groups in total. The number of fused-ring (bicyclic) bond motifs is 1. The van der Waals surface area contributed by atoms with Crippen molar-refractivity contribution < 1.29 is 9.90 Å². The molecule has 0 spiro atoms. The van der Waals surface area contributed by atoms with Gasteiger partial charge in [0.1, 0.15) is 5.82 Å². The first-order valence-corrected chi connectivity index (χ1v) is 7.18. The fourth-order valence-electron chi connectivity index (χ4n) is 2.33.